The highest BCUT2D eigenvalue weighted by molar-refractivity contribution is 7.08. The van der Waals surface area contributed by atoms with Crippen LogP contribution >= 0.6 is 11.3 Å². The molecule has 0 aliphatic heterocycles. The van der Waals surface area contributed by atoms with Gasteiger partial charge in [0, 0.05) is 40.8 Å². The van der Waals surface area contributed by atoms with E-state index < -0.39 is 18.2 Å². The zero-order valence-electron chi connectivity index (χ0n) is 21.3. The summed E-state index contributed by atoms with van der Waals surface area (Å²) in [6, 6.07) is 14.4. The first-order chi connectivity index (χ1) is 19.0. The van der Waals surface area contributed by atoms with Gasteiger partial charge in [0.05, 0.1) is 0 Å². The summed E-state index contributed by atoms with van der Waals surface area (Å²) >= 11 is 1.59. The van der Waals surface area contributed by atoms with Gasteiger partial charge in [0.15, 0.2) is 11.6 Å². The minimum absolute atomic E-state index is 0.293. The Morgan fingerprint density at radius 1 is 1.18 bits per heavy atom. The molecule has 0 saturated heterocycles. The molecule has 208 valence electrons. The molecule has 3 aromatic heterocycles. The molecule has 13 heteroatoms. The van der Waals surface area contributed by atoms with Gasteiger partial charge in [-0.1, -0.05) is 19.1 Å². The number of nitrogens with one attached hydrogen (secondary N) is 1. The fourth-order valence-electron chi connectivity index (χ4n) is 3.94. The Hall–Kier alpha value is -4.52. The van der Waals surface area contributed by atoms with Gasteiger partial charge in [0.25, 0.3) is 0 Å². The lowest BCUT2D eigenvalue weighted by atomic mass is 10.0. The van der Waals surface area contributed by atoms with E-state index in [-0.39, 0.29) is 5.82 Å². The molecule has 0 spiro atoms. The number of carboxylic acid groups (broad SMARTS) is 1. The van der Waals surface area contributed by atoms with E-state index in [9.17, 15) is 13.2 Å². The van der Waals surface area contributed by atoms with E-state index in [0.717, 1.165) is 34.0 Å². The molecule has 4 N–H and O–H groups in total. The highest BCUT2D eigenvalue weighted by Crippen LogP contribution is 2.32. The normalized spacial score (nSPS) is 12.1. The largest absolute Gasteiger partial charge is 0.490 e. The van der Waals surface area contributed by atoms with Crippen LogP contribution < -0.4 is 11.1 Å². The molecule has 0 amide bonds. The predicted octanol–water partition coefficient (Wildman–Crippen LogP) is 6.21. The molecule has 8 nitrogen and oxygen atoms in total. The molecular formula is C27H24F4N6O2S. The SMILES string of the molecule is CCc1ccc(F)c(C(Nc2ccc3c(N)nccc3c2)c2nc(-c3ccsc3)nn2C)c1.O=C(O)C(F)(F)F. The molecular weight excluding hydrogens is 548 g/mol. The number of halogens is 4. The number of nitrogens with zero attached hydrogens (tertiary/aromatic N) is 4. The van der Waals surface area contributed by atoms with Crippen molar-refractivity contribution in [3.8, 4) is 11.4 Å². The summed E-state index contributed by atoms with van der Waals surface area (Å²) in [6.07, 6.45) is -2.60. The third kappa shape index (κ3) is 6.37. The minimum Gasteiger partial charge on any atom is -0.475 e. The monoisotopic (exact) mass is 572 g/mol. The maximum atomic E-state index is 15.1. The Morgan fingerprint density at radius 2 is 1.93 bits per heavy atom. The van der Waals surface area contributed by atoms with Crippen molar-refractivity contribution >= 4 is 39.6 Å². The zero-order chi connectivity index (χ0) is 29.0. The van der Waals surface area contributed by atoms with Gasteiger partial charge in [-0.2, -0.15) is 29.6 Å². The molecule has 1 unspecified atom stereocenters. The second kappa shape index (κ2) is 11.7. The first kappa shape index (κ1) is 28.5. The van der Waals surface area contributed by atoms with E-state index in [0.29, 0.717) is 23.0 Å². The van der Waals surface area contributed by atoms with Crippen LogP contribution in [0.15, 0.2) is 65.5 Å². The minimum atomic E-state index is -5.08. The lowest BCUT2D eigenvalue weighted by molar-refractivity contribution is -0.192. The number of nitrogens with two attached hydrogens (primary N) is 1. The highest BCUT2D eigenvalue weighted by Gasteiger charge is 2.38. The highest BCUT2D eigenvalue weighted by atomic mass is 32.1. The van der Waals surface area contributed by atoms with Gasteiger partial charge in [-0.05, 0) is 59.1 Å². The average Bonchev–Trinajstić information content (AvgIpc) is 3.58. The number of pyridine rings is 1. The summed E-state index contributed by atoms with van der Waals surface area (Å²) in [7, 11) is 1.83. The lowest BCUT2D eigenvalue weighted by Gasteiger charge is -2.21. The van der Waals surface area contributed by atoms with E-state index in [1.807, 2.05) is 60.3 Å². The third-order valence-corrected chi connectivity index (χ3v) is 6.65. The number of aromatic nitrogens is 4. The van der Waals surface area contributed by atoms with Gasteiger partial charge < -0.3 is 16.2 Å². The number of aliphatic carboxylic acids is 1. The van der Waals surface area contributed by atoms with Crippen molar-refractivity contribution in [3.05, 3.63) is 88.3 Å². The Labute approximate surface area is 230 Å². The van der Waals surface area contributed by atoms with Crippen LogP contribution in [0.1, 0.15) is 29.9 Å². The number of hydrogen-bond donors (Lipinski definition) is 3. The van der Waals surface area contributed by atoms with Crippen LogP contribution in [0.3, 0.4) is 0 Å². The summed E-state index contributed by atoms with van der Waals surface area (Å²) in [5, 5.41) is 21.0. The number of anilines is 2. The number of fused-ring (bicyclic) bond motifs is 1. The Bertz CT molecular complexity index is 1640. The lowest BCUT2D eigenvalue weighted by Crippen LogP contribution is -2.21. The zero-order valence-corrected chi connectivity index (χ0v) is 22.1. The van der Waals surface area contributed by atoms with Crippen molar-refractivity contribution in [3.63, 3.8) is 0 Å². The molecule has 3 heterocycles. The Morgan fingerprint density at radius 3 is 2.58 bits per heavy atom. The molecule has 0 bridgehead atoms. The number of rotatable bonds is 6. The van der Waals surface area contributed by atoms with Crippen LogP contribution in [0.25, 0.3) is 22.2 Å². The molecule has 1 atom stereocenters. The van der Waals surface area contributed by atoms with Crippen molar-refractivity contribution < 1.29 is 27.5 Å². The Balaban J connectivity index is 0.000000470. The summed E-state index contributed by atoms with van der Waals surface area (Å²) in [4.78, 5) is 17.8. The quantitative estimate of drug-likeness (QED) is 0.207. The van der Waals surface area contributed by atoms with Crippen LogP contribution in [0.5, 0.6) is 0 Å². The summed E-state index contributed by atoms with van der Waals surface area (Å²) in [5.74, 6) is -1.33. The summed E-state index contributed by atoms with van der Waals surface area (Å²) < 4.78 is 48.6. The first-order valence-corrected chi connectivity index (χ1v) is 12.8. The smallest absolute Gasteiger partial charge is 0.475 e. The van der Waals surface area contributed by atoms with Crippen molar-refractivity contribution in [2.45, 2.75) is 25.6 Å². The maximum Gasteiger partial charge on any atom is 0.490 e. The molecule has 0 radical (unpaired) electrons. The number of thiophene rings is 1. The predicted molar refractivity (Wildman–Crippen MR) is 145 cm³/mol. The molecule has 0 aliphatic rings. The molecule has 5 rings (SSSR count). The van der Waals surface area contributed by atoms with Gasteiger partial charge in [-0.15, -0.1) is 0 Å². The number of carboxylic acids is 1. The van der Waals surface area contributed by atoms with Crippen molar-refractivity contribution in [2.24, 2.45) is 7.05 Å². The molecule has 2 aromatic carbocycles. The van der Waals surface area contributed by atoms with Crippen molar-refractivity contribution in [2.75, 3.05) is 11.1 Å². The summed E-state index contributed by atoms with van der Waals surface area (Å²) in [6.45, 7) is 2.05. The fourth-order valence-corrected chi connectivity index (χ4v) is 4.57. The second-order valence-corrected chi connectivity index (χ2v) is 9.43. The molecule has 40 heavy (non-hydrogen) atoms. The van der Waals surface area contributed by atoms with Crippen molar-refractivity contribution in [1.29, 1.82) is 0 Å². The number of carbonyl (C=O) groups is 1. The van der Waals surface area contributed by atoms with Crippen LogP contribution in [-0.4, -0.2) is 37.0 Å². The Kier molecular flexibility index (Phi) is 8.33. The van der Waals surface area contributed by atoms with Gasteiger partial charge in [0.2, 0.25) is 0 Å². The standard InChI is InChI=1S/C25H23FN6S.C2HF3O2/c1-3-15-4-7-21(26)20(12-15)22(25-30-24(31-32(25)2)17-9-11-33-14-17)29-18-5-6-19-16(13-18)8-10-28-23(19)27;3-2(4,5)1(6)7/h4-14,22,29H,3H2,1-2H3,(H2,27,28);(H,6,7). The topological polar surface area (TPSA) is 119 Å². The number of aryl methyl sites for hydroxylation is 2. The molecule has 0 aliphatic carbocycles. The number of hydrogen-bond acceptors (Lipinski definition) is 7. The van der Waals surface area contributed by atoms with Crippen molar-refractivity contribution in [1.82, 2.24) is 19.7 Å². The van der Waals surface area contributed by atoms with Gasteiger partial charge in [-0.25, -0.2) is 19.2 Å². The average molecular weight is 573 g/mol. The van der Waals surface area contributed by atoms with Crippen LogP contribution in [0.2, 0.25) is 0 Å². The fraction of sp³-hybridized carbons (Fsp3) is 0.185. The summed E-state index contributed by atoms with van der Waals surface area (Å²) in [5.41, 5.74) is 9.35. The van der Waals surface area contributed by atoms with Gasteiger partial charge in [-0.3, -0.25) is 4.68 Å². The van der Waals surface area contributed by atoms with E-state index in [1.165, 1.54) is 6.07 Å². The van der Waals surface area contributed by atoms with Gasteiger partial charge >= 0.3 is 12.1 Å². The van der Waals surface area contributed by atoms with Crippen LogP contribution in [-0.2, 0) is 18.3 Å². The molecule has 5 aromatic rings. The second-order valence-electron chi connectivity index (χ2n) is 8.65. The van der Waals surface area contributed by atoms with Crippen LogP contribution in [0.4, 0.5) is 29.1 Å². The number of nitrogen functional groups attached to an aromatic ring is 1. The van der Waals surface area contributed by atoms with E-state index in [4.69, 9.17) is 20.6 Å². The van der Waals surface area contributed by atoms with E-state index >= 15 is 4.39 Å². The molecule has 0 saturated carbocycles. The van der Waals surface area contributed by atoms with Gasteiger partial charge in [0.1, 0.15) is 17.7 Å². The number of benzene rings is 2. The maximum absolute atomic E-state index is 15.1. The van der Waals surface area contributed by atoms with E-state index in [2.05, 4.69) is 22.3 Å². The van der Waals surface area contributed by atoms with E-state index in [1.54, 1.807) is 22.2 Å². The third-order valence-electron chi connectivity index (χ3n) is 5.96. The van der Waals surface area contributed by atoms with Crippen LogP contribution in [0, 0.1) is 5.82 Å². The first-order valence-electron chi connectivity index (χ1n) is 11.9. The molecule has 0 fully saturated rings. The number of alkyl halides is 3.